The summed E-state index contributed by atoms with van der Waals surface area (Å²) in [4.78, 5) is 19.4. The summed E-state index contributed by atoms with van der Waals surface area (Å²) < 4.78 is 0.860. The maximum Gasteiger partial charge on any atom is 0.335 e. The van der Waals surface area contributed by atoms with Gasteiger partial charge in [-0.15, -0.1) is 0 Å². The van der Waals surface area contributed by atoms with Gasteiger partial charge in [0.15, 0.2) is 5.13 Å². The molecular weight excluding hydrogens is 274 g/mol. The van der Waals surface area contributed by atoms with E-state index in [-0.39, 0.29) is 5.56 Å². The standard InChI is InChI=1S/C14H11N3O2S/c18-13(19)10-3-4-11-12(6-10)20-14(17-11)16-8-9-2-1-5-15-7-9/h1-7H,8H2,(H,16,17)(H,18,19). The van der Waals surface area contributed by atoms with E-state index >= 15 is 0 Å². The van der Waals surface area contributed by atoms with E-state index in [4.69, 9.17) is 5.11 Å². The van der Waals surface area contributed by atoms with Crippen LogP contribution in [0.4, 0.5) is 5.13 Å². The number of aromatic nitrogens is 2. The largest absolute Gasteiger partial charge is 0.478 e. The van der Waals surface area contributed by atoms with Crippen LogP contribution in [0.2, 0.25) is 0 Å². The molecule has 2 N–H and O–H groups in total. The fraction of sp³-hybridized carbons (Fsp3) is 0.0714. The van der Waals surface area contributed by atoms with E-state index < -0.39 is 5.97 Å². The molecule has 0 unspecified atom stereocenters. The van der Waals surface area contributed by atoms with Crippen LogP contribution in [-0.2, 0) is 6.54 Å². The van der Waals surface area contributed by atoms with Gasteiger partial charge in [0.05, 0.1) is 15.8 Å². The maximum absolute atomic E-state index is 10.9. The summed E-state index contributed by atoms with van der Waals surface area (Å²) in [6, 6.07) is 8.80. The summed E-state index contributed by atoms with van der Waals surface area (Å²) in [6.45, 7) is 0.638. The first-order chi connectivity index (χ1) is 9.72. The number of thiazole rings is 1. The van der Waals surface area contributed by atoms with Crippen LogP contribution in [0, 0.1) is 0 Å². The number of carboxylic acid groups (broad SMARTS) is 1. The lowest BCUT2D eigenvalue weighted by Gasteiger charge is -2.00. The average Bonchev–Trinajstić information content (AvgIpc) is 2.88. The highest BCUT2D eigenvalue weighted by Gasteiger charge is 2.08. The quantitative estimate of drug-likeness (QED) is 0.770. The molecule has 0 amide bonds. The van der Waals surface area contributed by atoms with Crippen LogP contribution in [-0.4, -0.2) is 21.0 Å². The van der Waals surface area contributed by atoms with Crippen LogP contribution < -0.4 is 5.32 Å². The second-order valence-corrected chi connectivity index (χ2v) is 5.25. The molecule has 0 radical (unpaired) electrons. The molecule has 100 valence electrons. The first kappa shape index (κ1) is 12.6. The van der Waals surface area contributed by atoms with E-state index in [0.717, 1.165) is 20.9 Å². The molecule has 2 heterocycles. The van der Waals surface area contributed by atoms with Crippen molar-refractivity contribution in [3.05, 3.63) is 53.9 Å². The zero-order valence-electron chi connectivity index (χ0n) is 10.4. The number of anilines is 1. The number of hydrogen-bond donors (Lipinski definition) is 2. The third-order valence-electron chi connectivity index (χ3n) is 2.80. The molecule has 0 fully saturated rings. The van der Waals surface area contributed by atoms with Crippen molar-refractivity contribution < 1.29 is 9.90 Å². The van der Waals surface area contributed by atoms with Gasteiger partial charge in [0, 0.05) is 18.9 Å². The number of pyridine rings is 1. The first-order valence-corrected chi connectivity index (χ1v) is 6.81. The Kier molecular flexibility index (Phi) is 3.30. The molecule has 0 saturated carbocycles. The van der Waals surface area contributed by atoms with E-state index in [1.807, 2.05) is 12.1 Å². The fourth-order valence-electron chi connectivity index (χ4n) is 1.81. The molecule has 0 spiro atoms. The Morgan fingerprint density at radius 3 is 3.00 bits per heavy atom. The van der Waals surface area contributed by atoms with Crippen molar-refractivity contribution >= 4 is 32.7 Å². The number of benzene rings is 1. The third kappa shape index (κ3) is 2.60. The number of carbonyl (C=O) groups is 1. The van der Waals surface area contributed by atoms with Gasteiger partial charge in [0.25, 0.3) is 0 Å². The summed E-state index contributed by atoms with van der Waals surface area (Å²) in [6.07, 6.45) is 3.53. The molecule has 2 aromatic heterocycles. The Morgan fingerprint density at radius 1 is 1.35 bits per heavy atom. The third-order valence-corrected chi connectivity index (χ3v) is 3.78. The summed E-state index contributed by atoms with van der Waals surface area (Å²) in [5, 5.41) is 13.0. The smallest absolute Gasteiger partial charge is 0.335 e. The van der Waals surface area contributed by atoms with Crippen molar-refractivity contribution in [3.63, 3.8) is 0 Å². The average molecular weight is 285 g/mol. The SMILES string of the molecule is O=C(O)c1ccc2nc(NCc3cccnc3)sc2c1. The van der Waals surface area contributed by atoms with Gasteiger partial charge >= 0.3 is 5.97 Å². The Labute approximate surface area is 118 Å². The minimum atomic E-state index is -0.926. The number of nitrogens with zero attached hydrogens (tertiary/aromatic N) is 2. The Balaban J connectivity index is 1.80. The highest BCUT2D eigenvalue weighted by molar-refractivity contribution is 7.22. The number of rotatable bonds is 4. The molecule has 0 aliphatic heterocycles. The lowest BCUT2D eigenvalue weighted by atomic mass is 10.2. The summed E-state index contributed by atoms with van der Waals surface area (Å²) in [5.41, 5.74) is 2.15. The highest BCUT2D eigenvalue weighted by Crippen LogP contribution is 2.27. The maximum atomic E-state index is 10.9. The summed E-state index contributed by atoms with van der Waals surface area (Å²) >= 11 is 1.44. The van der Waals surface area contributed by atoms with Crippen molar-refractivity contribution in [2.24, 2.45) is 0 Å². The number of aromatic carboxylic acids is 1. The molecule has 3 rings (SSSR count). The monoisotopic (exact) mass is 285 g/mol. The predicted octanol–water partition coefficient (Wildman–Crippen LogP) is 3.00. The van der Waals surface area contributed by atoms with Crippen molar-refractivity contribution in [1.82, 2.24) is 9.97 Å². The number of fused-ring (bicyclic) bond motifs is 1. The lowest BCUT2D eigenvalue weighted by Crippen LogP contribution is -1.98. The van der Waals surface area contributed by atoms with E-state index in [0.29, 0.717) is 6.54 Å². The highest BCUT2D eigenvalue weighted by atomic mass is 32.1. The molecule has 5 nitrogen and oxygen atoms in total. The number of hydrogen-bond acceptors (Lipinski definition) is 5. The Hall–Kier alpha value is -2.47. The Morgan fingerprint density at radius 2 is 2.25 bits per heavy atom. The number of carboxylic acids is 1. The molecule has 0 bridgehead atoms. The zero-order valence-corrected chi connectivity index (χ0v) is 11.2. The lowest BCUT2D eigenvalue weighted by molar-refractivity contribution is 0.0697. The molecular formula is C14H11N3O2S. The van der Waals surface area contributed by atoms with Gasteiger partial charge in [0.1, 0.15) is 0 Å². The van der Waals surface area contributed by atoms with E-state index in [1.54, 1.807) is 30.6 Å². The molecule has 0 aliphatic rings. The summed E-state index contributed by atoms with van der Waals surface area (Å²) in [7, 11) is 0. The van der Waals surface area contributed by atoms with Gasteiger partial charge in [-0.3, -0.25) is 4.98 Å². The van der Waals surface area contributed by atoms with Gasteiger partial charge in [0.2, 0.25) is 0 Å². The van der Waals surface area contributed by atoms with Crippen LogP contribution in [0.15, 0.2) is 42.7 Å². The minimum absolute atomic E-state index is 0.278. The molecule has 6 heteroatoms. The van der Waals surface area contributed by atoms with Gasteiger partial charge < -0.3 is 10.4 Å². The first-order valence-electron chi connectivity index (χ1n) is 5.99. The Bertz CT molecular complexity index is 755. The molecule has 0 aliphatic carbocycles. The van der Waals surface area contributed by atoms with Gasteiger partial charge in [-0.2, -0.15) is 0 Å². The van der Waals surface area contributed by atoms with Crippen molar-refractivity contribution in [3.8, 4) is 0 Å². The van der Waals surface area contributed by atoms with Crippen LogP contribution in [0.1, 0.15) is 15.9 Å². The van der Waals surface area contributed by atoms with E-state index in [9.17, 15) is 4.79 Å². The van der Waals surface area contributed by atoms with E-state index in [1.165, 1.54) is 11.3 Å². The van der Waals surface area contributed by atoms with Crippen molar-refractivity contribution in [2.45, 2.75) is 6.54 Å². The number of nitrogens with one attached hydrogen (secondary N) is 1. The minimum Gasteiger partial charge on any atom is -0.478 e. The zero-order chi connectivity index (χ0) is 13.9. The predicted molar refractivity (Wildman–Crippen MR) is 78.1 cm³/mol. The molecule has 1 aromatic carbocycles. The van der Waals surface area contributed by atoms with Crippen molar-refractivity contribution in [1.29, 1.82) is 0 Å². The van der Waals surface area contributed by atoms with Gasteiger partial charge in [-0.1, -0.05) is 17.4 Å². The summed E-state index contributed by atoms with van der Waals surface area (Å²) in [5.74, 6) is -0.926. The molecule has 20 heavy (non-hydrogen) atoms. The molecule has 0 atom stereocenters. The van der Waals surface area contributed by atoms with Gasteiger partial charge in [-0.25, -0.2) is 9.78 Å². The second kappa shape index (κ2) is 5.26. The normalized spacial score (nSPS) is 10.6. The molecule has 0 saturated heterocycles. The van der Waals surface area contributed by atoms with Crippen molar-refractivity contribution in [2.75, 3.05) is 5.32 Å². The van der Waals surface area contributed by atoms with Crippen LogP contribution in [0.3, 0.4) is 0 Å². The van der Waals surface area contributed by atoms with Crippen LogP contribution in [0.5, 0.6) is 0 Å². The van der Waals surface area contributed by atoms with Crippen LogP contribution in [0.25, 0.3) is 10.2 Å². The fourth-order valence-corrected chi connectivity index (χ4v) is 2.71. The topological polar surface area (TPSA) is 75.1 Å². The van der Waals surface area contributed by atoms with Gasteiger partial charge in [-0.05, 0) is 29.8 Å². The molecule has 3 aromatic rings. The van der Waals surface area contributed by atoms with E-state index in [2.05, 4.69) is 15.3 Å². The van der Waals surface area contributed by atoms with Crippen LogP contribution >= 0.6 is 11.3 Å². The second-order valence-electron chi connectivity index (χ2n) is 4.22.